The normalized spacial score (nSPS) is 21.9. The molecule has 3 heterocycles. The summed E-state index contributed by atoms with van der Waals surface area (Å²) >= 11 is 6.68. The molecule has 3 aliphatic heterocycles. The number of carbonyl (C=O) groups is 1. The third kappa shape index (κ3) is 6.55. The molecule has 4 aliphatic rings. The van der Waals surface area contributed by atoms with Crippen LogP contribution in [-0.2, 0) is 9.53 Å². The standard InChI is InChI=1S/C35H41ClFN7O2/c1-25(37)34(45)44-20-19-42(21-27(44)11-15-38)33(40-24-46-23-35(13-14-35)43-16-3-4-17-43)28-12-18-41(22-30(28)39-2)31-10-6-8-26-7-5-9-29(36)32(26)31/h5-10,27H,1-4,11-14,16-24H2/b40-33+/t27-/m0/s1. The Hall–Kier alpha value is -3.78. The lowest BCUT2D eigenvalue weighted by Gasteiger charge is -2.43. The van der Waals surface area contributed by atoms with Gasteiger partial charge in [-0.3, -0.25) is 14.7 Å². The number of fused-ring (bicyclic) bond motifs is 1. The number of likely N-dealkylation sites (tertiary alicyclic amines) is 1. The molecule has 0 unspecified atom stereocenters. The van der Waals surface area contributed by atoms with Gasteiger partial charge >= 0.3 is 0 Å². The molecule has 46 heavy (non-hydrogen) atoms. The van der Waals surface area contributed by atoms with Gasteiger partial charge in [0, 0.05) is 48.4 Å². The summed E-state index contributed by atoms with van der Waals surface area (Å²) in [4.78, 5) is 30.5. The fourth-order valence-electron chi connectivity index (χ4n) is 7.25. The first-order valence-corrected chi connectivity index (χ1v) is 16.5. The molecule has 2 aromatic rings. The number of halogens is 2. The van der Waals surface area contributed by atoms with E-state index in [2.05, 4.69) is 57.3 Å². The van der Waals surface area contributed by atoms with Crippen molar-refractivity contribution >= 4 is 46.5 Å². The van der Waals surface area contributed by atoms with Gasteiger partial charge in [-0.1, -0.05) is 42.4 Å². The van der Waals surface area contributed by atoms with Gasteiger partial charge < -0.3 is 19.4 Å². The Kier molecular flexibility index (Phi) is 9.73. The molecule has 1 atom stereocenters. The van der Waals surface area contributed by atoms with Crippen molar-refractivity contribution in [3.63, 3.8) is 0 Å². The molecule has 1 amide bonds. The van der Waals surface area contributed by atoms with Gasteiger partial charge in [0.15, 0.2) is 5.83 Å². The van der Waals surface area contributed by atoms with Crippen LogP contribution in [0.3, 0.4) is 0 Å². The van der Waals surface area contributed by atoms with Crippen molar-refractivity contribution in [3.8, 4) is 6.07 Å². The lowest BCUT2D eigenvalue weighted by molar-refractivity contribution is -0.132. The fourth-order valence-corrected chi connectivity index (χ4v) is 7.52. The number of benzene rings is 2. The third-order valence-corrected chi connectivity index (χ3v) is 10.2. The van der Waals surface area contributed by atoms with Gasteiger partial charge in [0.25, 0.3) is 5.91 Å². The second kappa shape index (κ2) is 13.9. The Morgan fingerprint density at radius 2 is 1.89 bits per heavy atom. The molecule has 11 heteroatoms. The second-order valence-corrected chi connectivity index (χ2v) is 13.0. The molecule has 2 aromatic carbocycles. The summed E-state index contributed by atoms with van der Waals surface area (Å²) in [5.74, 6) is -1.06. The van der Waals surface area contributed by atoms with E-state index in [4.69, 9.17) is 21.3 Å². The Labute approximate surface area is 275 Å². The van der Waals surface area contributed by atoms with Gasteiger partial charge in [-0.25, -0.2) is 9.38 Å². The molecule has 242 valence electrons. The molecule has 0 N–H and O–H groups in total. The quantitative estimate of drug-likeness (QED) is 0.145. The van der Waals surface area contributed by atoms with Crippen LogP contribution in [-0.4, -0.2) is 104 Å². The molecule has 3 fully saturated rings. The number of carbonyl (C=O) groups excluding carboxylic acids is 1. The Bertz CT molecular complexity index is 1600. The van der Waals surface area contributed by atoms with Gasteiger partial charge in [0.05, 0.1) is 42.4 Å². The minimum absolute atomic E-state index is 0.0683. The summed E-state index contributed by atoms with van der Waals surface area (Å²) in [6.07, 6.45) is 5.50. The van der Waals surface area contributed by atoms with Crippen LogP contribution in [0.15, 0.2) is 70.1 Å². The van der Waals surface area contributed by atoms with Crippen LogP contribution in [0.1, 0.15) is 38.5 Å². The molecule has 0 radical (unpaired) electrons. The first kappa shape index (κ1) is 32.2. The molecule has 0 spiro atoms. The summed E-state index contributed by atoms with van der Waals surface area (Å²) in [6.45, 7) is 12.4. The molecule has 9 nitrogen and oxygen atoms in total. The zero-order valence-corrected chi connectivity index (χ0v) is 27.0. The largest absolute Gasteiger partial charge is 0.365 e. The van der Waals surface area contributed by atoms with Crippen LogP contribution in [0.25, 0.3) is 10.8 Å². The van der Waals surface area contributed by atoms with Crippen LogP contribution in [0.5, 0.6) is 0 Å². The average Bonchev–Trinajstić information content (AvgIpc) is 3.64. The molecule has 0 aromatic heterocycles. The van der Waals surface area contributed by atoms with E-state index in [1.165, 1.54) is 17.7 Å². The summed E-state index contributed by atoms with van der Waals surface area (Å²) in [6, 6.07) is 13.8. The van der Waals surface area contributed by atoms with E-state index in [1.54, 1.807) is 0 Å². The maximum atomic E-state index is 13.9. The monoisotopic (exact) mass is 645 g/mol. The smallest absolute Gasteiger partial charge is 0.282 e. The molecular weight excluding hydrogens is 605 g/mol. The lowest BCUT2D eigenvalue weighted by atomic mass is 9.99. The summed E-state index contributed by atoms with van der Waals surface area (Å²) in [7, 11) is 0. The highest BCUT2D eigenvalue weighted by Crippen LogP contribution is 2.43. The van der Waals surface area contributed by atoms with Gasteiger partial charge in [-0.2, -0.15) is 5.26 Å². The van der Waals surface area contributed by atoms with Crippen molar-refractivity contribution in [2.75, 3.05) is 64.1 Å². The van der Waals surface area contributed by atoms with E-state index in [1.807, 2.05) is 18.2 Å². The van der Waals surface area contributed by atoms with Crippen molar-refractivity contribution in [3.05, 3.63) is 65.1 Å². The number of amidine groups is 1. The van der Waals surface area contributed by atoms with Crippen LogP contribution < -0.4 is 4.90 Å². The minimum atomic E-state index is -1.02. The number of ether oxygens (including phenoxy) is 1. The molecule has 2 saturated heterocycles. The number of anilines is 1. The van der Waals surface area contributed by atoms with Gasteiger partial charge in [-0.15, -0.1) is 0 Å². The maximum Gasteiger partial charge on any atom is 0.282 e. The van der Waals surface area contributed by atoms with Crippen LogP contribution in [0.4, 0.5) is 10.1 Å². The Morgan fingerprint density at radius 3 is 2.59 bits per heavy atom. The number of nitrogens with zero attached hydrogens (tertiary/aromatic N) is 7. The van der Waals surface area contributed by atoms with Crippen molar-refractivity contribution in [2.24, 2.45) is 9.98 Å². The fraction of sp³-hybridized carbons (Fsp3) is 0.486. The number of hydrogen-bond acceptors (Lipinski definition) is 7. The zero-order chi connectivity index (χ0) is 32.3. The number of amides is 1. The summed E-state index contributed by atoms with van der Waals surface area (Å²) < 4.78 is 20.1. The first-order chi connectivity index (χ1) is 22.3. The molecule has 0 bridgehead atoms. The second-order valence-electron chi connectivity index (χ2n) is 12.6. The van der Waals surface area contributed by atoms with Crippen molar-refractivity contribution < 1.29 is 13.9 Å². The molecule has 6 rings (SSSR count). The summed E-state index contributed by atoms with van der Waals surface area (Å²) in [5, 5.41) is 12.3. The molecule has 1 saturated carbocycles. The number of aliphatic imine (C=N–C) groups is 2. The lowest BCUT2D eigenvalue weighted by Crippen LogP contribution is -2.57. The highest BCUT2D eigenvalue weighted by atomic mass is 35.5. The van der Waals surface area contributed by atoms with Crippen LogP contribution in [0.2, 0.25) is 5.02 Å². The number of rotatable bonds is 10. The average molecular weight is 646 g/mol. The topological polar surface area (TPSA) is 87.8 Å². The van der Waals surface area contributed by atoms with Crippen LogP contribution in [0, 0.1) is 11.3 Å². The predicted molar refractivity (Wildman–Crippen MR) is 181 cm³/mol. The van der Waals surface area contributed by atoms with Gasteiger partial charge in [-0.05, 0) is 69.4 Å². The van der Waals surface area contributed by atoms with Crippen molar-refractivity contribution in [1.82, 2.24) is 14.7 Å². The number of nitriles is 1. The van der Waals surface area contributed by atoms with Crippen molar-refractivity contribution in [2.45, 2.75) is 50.1 Å². The third-order valence-electron chi connectivity index (χ3n) is 9.84. The number of piperazine rings is 1. The molecular formula is C35H41ClFN7O2. The van der Waals surface area contributed by atoms with E-state index in [0.29, 0.717) is 44.2 Å². The summed E-state index contributed by atoms with van der Waals surface area (Å²) in [5.41, 5.74) is 2.95. The van der Waals surface area contributed by atoms with E-state index in [-0.39, 0.29) is 25.2 Å². The first-order valence-electron chi connectivity index (χ1n) is 16.1. The van der Waals surface area contributed by atoms with E-state index in [0.717, 1.165) is 59.5 Å². The van der Waals surface area contributed by atoms with Gasteiger partial charge in [0.2, 0.25) is 0 Å². The van der Waals surface area contributed by atoms with Crippen LogP contribution >= 0.6 is 11.6 Å². The van der Waals surface area contributed by atoms with Crippen molar-refractivity contribution in [1.29, 1.82) is 5.26 Å². The van der Waals surface area contributed by atoms with E-state index >= 15 is 0 Å². The van der Waals surface area contributed by atoms with Gasteiger partial charge in [0.1, 0.15) is 12.6 Å². The highest BCUT2D eigenvalue weighted by Gasteiger charge is 2.48. The Morgan fingerprint density at radius 1 is 1.13 bits per heavy atom. The Balaban J connectivity index is 1.28. The molecule has 1 aliphatic carbocycles. The van der Waals surface area contributed by atoms with E-state index in [9.17, 15) is 14.4 Å². The zero-order valence-electron chi connectivity index (χ0n) is 26.3. The van der Waals surface area contributed by atoms with E-state index < -0.39 is 17.8 Å². The number of hydrogen-bond donors (Lipinski definition) is 0. The maximum absolute atomic E-state index is 13.9. The predicted octanol–water partition coefficient (Wildman–Crippen LogP) is 5.57. The highest BCUT2D eigenvalue weighted by molar-refractivity contribution is 6.36. The SMILES string of the molecule is C=NC1=C(/C(=N\COCC2(N3CCCC3)CC2)N2CCN(C(=O)C(=C)F)[C@@H](CC#N)C2)CCN(c2cccc3cccc(Cl)c23)C1. The minimum Gasteiger partial charge on any atom is -0.365 e.